The van der Waals surface area contributed by atoms with Crippen molar-refractivity contribution in [1.82, 2.24) is 24.9 Å². The minimum absolute atomic E-state index is 0.0413. The fourth-order valence-corrected chi connectivity index (χ4v) is 2.02. The second-order valence-corrected chi connectivity index (χ2v) is 4.60. The summed E-state index contributed by atoms with van der Waals surface area (Å²) < 4.78 is 0. The zero-order valence-electron chi connectivity index (χ0n) is 12.7. The predicted octanol–water partition coefficient (Wildman–Crippen LogP) is -0.175. The van der Waals surface area contributed by atoms with E-state index in [4.69, 9.17) is 11.8 Å². The van der Waals surface area contributed by atoms with E-state index in [0.717, 1.165) is 5.82 Å². The Morgan fingerprint density at radius 2 is 1.52 bits per heavy atom. The van der Waals surface area contributed by atoms with E-state index >= 15 is 0 Å². The highest BCUT2D eigenvalue weighted by atomic mass is 16.2. The van der Waals surface area contributed by atoms with Gasteiger partial charge in [0.05, 0.1) is 5.56 Å². The van der Waals surface area contributed by atoms with E-state index in [1.165, 1.54) is 5.56 Å². The molecule has 0 aliphatic heterocycles. The van der Waals surface area contributed by atoms with Crippen LogP contribution in [0.25, 0.3) is 22.6 Å². The standard InChI is InChI=1S/C9H8N2.C5H4N4O3.CN/c1-2-4-8(5-3-1)9-10-6-7-11-9;10-3-1-2(7-4(11)6-1)8-5(12)9-3;1-2/h1-7H,(H,10,11);(H4,6,7,8,9,10,11,12);/q;;-1/p+1. The number of aromatic nitrogens is 6. The summed E-state index contributed by atoms with van der Waals surface area (Å²) in [7, 11) is 0. The Kier molecular flexibility index (Phi) is 5.46. The molecule has 10 heteroatoms. The van der Waals surface area contributed by atoms with Crippen molar-refractivity contribution >= 4 is 11.2 Å². The van der Waals surface area contributed by atoms with Crippen LogP contribution in [0, 0.1) is 11.8 Å². The molecule has 1 aromatic carbocycles. The molecular formula is C15H13N7O3. The van der Waals surface area contributed by atoms with Crippen molar-refractivity contribution in [2.75, 3.05) is 0 Å². The van der Waals surface area contributed by atoms with Gasteiger partial charge in [-0.2, -0.15) is 0 Å². The van der Waals surface area contributed by atoms with E-state index in [-0.39, 0.29) is 11.2 Å². The number of imidazole rings is 2. The first-order valence-electron chi connectivity index (χ1n) is 6.91. The highest BCUT2D eigenvalue weighted by molar-refractivity contribution is 5.67. The van der Waals surface area contributed by atoms with Gasteiger partial charge in [-0.15, -0.1) is 0 Å². The highest BCUT2D eigenvalue weighted by Crippen LogP contribution is 2.09. The SMILES string of the molecule is O=c1[nH]c(=O)c2[nH]c(=O)[nH]c2[nH]1.[C-]#N.c1ccc(-c2[nH]cc[nH+]2)cc1. The lowest BCUT2D eigenvalue weighted by atomic mass is 10.2. The lowest BCUT2D eigenvalue weighted by Crippen LogP contribution is -2.21. The van der Waals surface area contributed by atoms with Crippen molar-refractivity contribution in [2.24, 2.45) is 0 Å². The van der Waals surface area contributed by atoms with Crippen LogP contribution in [-0.4, -0.2) is 24.9 Å². The molecule has 0 radical (unpaired) electrons. The molecule has 0 unspecified atom stereocenters. The van der Waals surface area contributed by atoms with Crippen LogP contribution in [0.2, 0.25) is 0 Å². The molecule has 4 aromatic rings. The molecule has 3 heterocycles. The van der Waals surface area contributed by atoms with Gasteiger partial charge in [0.15, 0.2) is 0 Å². The Hall–Kier alpha value is -4.13. The largest absolute Gasteiger partial charge is 0.512 e. The Bertz CT molecular complexity index is 1110. The molecule has 126 valence electrons. The molecule has 6 N–H and O–H groups in total. The molecule has 0 spiro atoms. The Morgan fingerprint density at radius 1 is 0.880 bits per heavy atom. The van der Waals surface area contributed by atoms with Gasteiger partial charge < -0.3 is 11.8 Å². The normalized spacial score (nSPS) is 9.52. The Morgan fingerprint density at radius 3 is 2.12 bits per heavy atom. The minimum atomic E-state index is -0.650. The third kappa shape index (κ3) is 4.20. The van der Waals surface area contributed by atoms with Gasteiger partial charge in [0.25, 0.3) is 11.4 Å². The molecular weight excluding hydrogens is 326 g/mol. The van der Waals surface area contributed by atoms with Crippen LogP contribution >= 0.6 is 0 Å². The van der Waals surface area contributed by atoms with Crippen LogP contribution in [0.3, 0.4) is 0 Å². The smallest absolute Gasteiger partial charge is 0.327 e. The molecule has 0 amide bonds. The zero-order chi connectivity index (χ0) is 18.2. The van der Waals surface area contributed by atoms with Gasteiger partial charge >= 0.3 is 11.4 Å². The van der Waals surface area contributed by atoms with E-state index in [9.17, 15) is 14.4 Å². The van der Waals surface area contributed by atoms with Crippen LogP contribution in [0.4, 0.5) is 0 Å². The summed E-state index contributed by atoms with van der Waals surface area (Å²) in [6.07, 6.45) is 3.75. The number of nitrogens with one attached hydrogen (secondary N) is 6. The third-order valence-electron chi connectivity index (χ3n) is 3.02. The lowest BCUT2D eigenvalue weighted by molar-refractivity contribution is -0.362. The van der Waals surface area contributed by atoms with Crippen LogP contribution in [0.5, 0.6) is 0 Å². The number of fused-ring (bicyclic) bond motifs is 1. The maximum absolute atomic E-state index is 10.9. The summed E-state index contributed by atoms with van der Waals surface area (Å²) in [5, 5.41) is 6.25. The molecule has 0 saturated heterocycles. The average Bonchev–Trinajstić information content (AvgIpc) is 3.27. The number of rotatable bonds is 1. The quantitative estimate of drug-likeness (QED) is 0.303. The van der Waals surface area contributed by atoms with Gasteiger partial charge in [-0.3, -0.25) is 24.7 Å². The van der Waals surface area contributed by atoms with Gasteiger partial charge in [-0.1, -0.05) is 18.2 Å². The first-order chi connectivity index (χ1) is 12.1. The first-order valence-corrected chi connectivity index (χ1v) is 6.91. The van der Waals surface area contributed by atoms with Crippen LogP contribution in [-0.2, 0) is 0 Å². The summed E-state index contributed by atoms with van der Waals surface area (Å²) in [5.74, 6) is 1.05. The molecule has 3 aromatic heterocycles. The molecule has 0 aliphatic carbocycles. The number of hydrogen-bond acceptors (Lipinski definition) is 4. The topological polar surface area (TPSA) is 168 Å². The molecule has 25 heavy (non-hydrogen) atoms. The molecule has 4 rings (SSSR count). The van der Waals surface area contributed by atoms with Crippen molar-refractivity contribution in [2.45, 2.75) is 0 Å². The fraction of sp³-hybridized carbons (Fsp3) is 0. The maximum atomic E-state index is 10.9. The number of aromatic amines is 6. The molecule has 10 nitrogen and oxygen atoms in total. The third-order valence-corrected chi connectivity index (χ3v) is 3.02. The minimum Gasteiger partial charge on any atom is -0.512 e. The van der Waals surface area contributed by atoms with Crippen molar-refractivity contribution in [3.63, 3.8) is 0 Å². The number of hydrogen-bond donors (Lipinski definition) is 5. The van der Waals surface area contributed by atoms with Crippen molar-refractivity contribution in [1.29, 1.82) is 5.26 Å². The van der Waals surface area contributed by atoms with Gasteiger partial charge in [-0.05, 0) is 12.1 Å². The molecule has 0 bridgehead atoms. The molecule has 0 fully saturated rings. The summed E-state index contributed by atoms with van der Waals surface area (Å²) in [6.45, 7) is 4.75. The van der Waals surface area contributed by atoms with Crippen molar-refractivity contribution in [3.05, 3.63) is 80.6 Å². The van der Waals surface area contributed by atoms with Gasteiger partial charge in [0.2, 0.25) is 0 Å². The maximum Gasteiger partial charge on any atom is 0.327 e. The summed E-state index contributed by atoms with van der Waals surface area (Å²) in [4.78, 5) is 47.2. The van der Waals surface area contributed by atoms with Crippen molar-refractivity contribution in [3.8, 4) is 11.4 Å². The van der Waals surface area contributed by atoms with Crippen LogP contribution in [0.1, 0.15) is 0 Å². The van der Waals surface area contributed by atoms with Gasteiger partial charge in [0, 0.05) is 0 Å². The first kappa shape index (κ1) is 17.2. The summed E-state index contributed by atoms with van der Waals surface area (Å²) >= 11 is 0. The average molecular weight is 339 g/mol. The second kappa shape index (κ2) is 7.93. The summed E-state index contributed by atoms with van der Waals surface area (Å²) in [6, 6.07) is 10.2. The van der Waals surface area contributed by atoms with Gasteiger partial charge in [0.1, 0.15) is 23.6 Å². The van der Waals surface area contributed by atoms with Crippen LogP contribution < -0.4 is 21.9 Å². The lowest BCUT2D eigenvalue weighted by Gasteiger charge is -1.87. The predicted molar refractivity (Wildman–Crippen MR) is 87.9 cm³/mol. The second-order valence-electron chi connectivity index (χ2n) is 4.60. The van der Waals surface area contributed by atoms with Crippen LogP contribution in [0.15, 0.2) is 57.1 Å². The number of H-pyrrole nitrogens is 6. The van der Waals surface area contributed by atoms with E-state index in [0.29, 0.717) is 0 Å². The van der Waals surface area contributed by atoms with E-state index in [2.05, 4.69) is 37.1 Å². The molecule has 0 aliphatic rings. The van der Waals surface area contributed by atoms with E-state index in [1.54, 1.807) is 0 Å². The Labute approximate surface area is 139 Å². The van der Waals surface area contributed by atoms with Crippen molar-refractivity contribution < 1.29 is 4.98 Å². The van der Waals surface area contributed by atoms with E-state index < -0.39 is 16.9 Å². The van der Waals surface area contributed by atoms with Gasteiger partial charge in [-0.25, -0.2) is 19.6 Å². The summed E-state index contributed by atoms with van der Waals surface area (Å²) in [5.41, 5.74) is -0.474. The molecule has 0 saturated carbocycles. The Balaban J connectivity index is 0.000000165. The fourth-order valence-electron chi connectivity index (χ4n) is 2.02. The molecule has 0 atom stereocenters. The number of benzene rings is 1. The monoisotopic (exact) mass is 339 g/mol. The van der Waals surface area contributed by atoms with E-state index in [1.807, 2.05) is 35.6 Å². The number of nitrogens with zero attached hydrogens (tertiary/aromatic N) is 1. The highest BCUT2D eigenvalue weighted by Gasteiger charge is 2.03. The zero-order valence-corrected chi connectivity index (χ0v) is 12.7.